The molecule has 2 heterocycles. The average Bonchev–Trinajstić information content (AvgIpc) is 3.10. The molecule has 0 radical (unpaired) electrons. The molecule has 0 aliphatic carbocycles. The molecule has 1 aromatic carbocycles. The Kier molecular flexibility index (Phi) is 4.11. The van der Waals surface area contributed by atoms with Crippen LogP contribution in [0, 0.1) is 0 Å². The van der Waals surface area contributed by atoms with Crippen molar-refractivity contribution in [2.75, 3.05) is 12.3 Å². The van der Waals surface area contributed by atoms with Gasteiger partial charge in [0.05, 0.1) is 16.9 Å². The molecule has 0 saturated heterocycles. The average molecular weight is 315 g/mol. The van der Waals surface area contributed by atoms with Crippen molar-refractivity contribution in [1.82, 2.24) is 4.90 Å². The van der Waals surface area contributed by atoms with Gasteiger partial charge in [0.15, 0.2) is 12.0 Å². The number of aldehydes is 1. The molecular formula is C16H13NO4S. The molecule has 1 aromatic heterocycles. The second kappa shape index (κ2) is 6.19. The summed E-state index contributed by atoms with van der Waals surface area (Å²) in [4.78, 5) is 36.1. The number of carbonyl (C=O) groups is 3. The van der Waals surface area contributed by atoms with Gasteiger partial charge in [0.1, 0.15) is 5.76 Å². The van der Waals surface area contributed by atoms with Crippen LogP contribution in [0.3, 0.4) is 0 Å². The topological polar surface area (TPSA) is 67.6 Å². The highest BCUT2D eigenvalue weighted by atomic mass is 32.2. The molecule has 0 fully saturated rings. The molecule has 112 valence electrons. The largest absolute Gasteiger partial charge is 0.457 e. The summed E-state index contributed by atoms with van der Waals surface area (Å²) in [5.74, 6) is 1.75. The number of amides is 2. The first-order valence-corrected chi connectivity index (χ1v) is 7.93. The number of carbonyl (C=O) groups excluding carboxylic acids is 3. The quantitative estimate of drug-likeness (QED) is 0.466. The van der Waals surface area contributed by atoms with Gasteiger partial charge in [-0.15, -0.1) is 0 Å². The molecule has 0 unspecified atom stereocenters. The van der Waals surface area contributed by atoms with Crippen molar-refractivity contribution in [3.05, 3.63) is 59.0 Å². The second-order valence-electron chi connectivity index (χ2n) is 4.78. The van der Waals surface area contributed by atoms with E-state index in [1.54, 1.807) is 48.2 Å². The molecule has 1 aliphatic rings. The molecule has 0 spiro atoms. The van der Waals surface area contributed by atoms with E-state index in [4.69, 9.17) is 4.42 Å². The summed E-state index contributed by atoms with van der Waals surface area (Å²) in [6.45, 7) is 0.359. The Bertz CT molecular complexity index is 702. The van der Waals surface area contributed by atoms with Crippen LogP contribution in [0.4, 0.5) is 0 Å². The van der Waals surface area contributed by atoms with Crippen molar-refractivity contribution in [3.8, 4) is 0 Å². The first-order chi connectivity index (χ1) is 10.7. The van der Waals surface area contributed by atoms with Crippen LogP contribution in [-0.4, -0.2) is 35.3 Å². The van der Waals surface area contributed by atoms with E-state index in [9.17, 15) is 14.4 Å². The van der Waals surface area contributed by atoms with Crippen LogP contribution in [0.2, 0.25) is 0 Å². The first kappa shape index (κ1) is 14.6. The molecule has 2 amide bonds. The zero-order valence-electron chi connectivity index (χ0n) is 11.7. The molecule has 0 N–H and O–H groups in total. The molecule has 6 heteroatoms. The maximum Gasteiger partial charge on any atom is 0.261 e. The molecule has 1 aliphatic heterocycles. The van der Waals surface area contributed by atoms with Gasteiger partial charge in [0.25, 0.3) is 11.8 Å². The van der Waals surface area contributed by atoms with Crippen molar-refractivity contribution < 1.29 is 18.8 Å². The van der Waals surface area contributed by atoms with Crippen LogP contribution < -0.4 is 0 Å². The lowest BCUT2D eigenvalue weighted by molar-refractivity contribution is 0.0664. The molecular weight excluding hydrogens is 302 g/mol. The number of imide groups is 1. The number of hydrogen-bond acceptors (Lipinski definition) is 5. The number of hydrogen-bond donors (Lipinski definition) is 0. The van der Waals surface area contributed by atoms with Crippen molar-refractivity contribution in [1.29, 1.82) is 0 Å². The van der Waals surface area contributed by atoms with Gasteiger partial charge in [-0.2, -0.15) is 11.8 Å². The van der Waals surface area contributed by atoms with E-state index in [1.165, 1.54) is 4.90 Å². The van der Waals surface area contributed by atoms with Gasteiger partial charge in [-0.3, -0.25) is 19.3 Å². The number of benzene rings is 1. The Balaban J connectivity index is 1.53. The highest BCUT2D eigenvalue weighted by Crippen LogP contribution is 2.23. The van der Waals surface area contributed by atoms with E-state index in [0.29, 0.717) is 47.0 Å². The molecule has 0 atom stereocenters. The Morgan fingerprint density at radius 2 is 1.73 bits per heavy atom. The SMILES string of the molecule is O=Cc1ccc(CSCCN2C(=O)c3ccccc3C2=O)o1. The zero-order chi connectivity index (χ0) is 15.5. The van der Waals surface area contributed by atoms with E-state index in [-0.39, 0.29) is 11.8 Å². The Hall–Kier alpha value is -2.34. The highest BCUT2D eigenvalue weighted by Gasteiger charge is 2.34. The van der Waals surface area contributed by atoms with Crippen LogP contribution >= 0.6 is 11.8 Å². The lowest BCUT2D eigenvalue weighted by Crippen LogP contribution is -2.31. The minimum atomic E-state index is -0.234. The molecule has 2 aromatic rings. The standard InChI is InChI=1S/C16H13NO4S/c18-9-11-5-6-12(21-11)10-22-8-7-17-15(19)13-3-1-2-4-14(13)16(17)20/h1-6,9H,7-8,10H2. The zero-order valence-corrected chi connectivity index (χ0v) is 12.5. The summed E-state index contributed by atoms with van der Waals surface area (Å²) < 4.78 is 5.26. The van der Waals surface area contributed by atoms with Gasteiger partial charge >= 0.3 is 0 Å². The van der Waals surface area contributed by atoms with Gasteiger partial charge in [-0.05, 0) is 24.3 Å². The number of furan rings is 1. The van der Waals surface area contributed by atoms with Crippen molar-refractivity contribution >= 4 is 29.9 Å². The lowest BCUT2D eigenvalue weighted by Gasteiger charge is -2.12. The summed E-state index contributed by atoms with van der Waals surface area (Å²) in [6, 6.07) is 10.2. The minimum Gasteiger partial charge on any atom is -0.457 e. The summed E-state index contributed by atoms with van der Waals surface area (Å²) in [6.07, 6.45) is 0.660. The van der Waals surface area contributed by atoms with Crippen LogP contribution in [0.15, 0.2) is 40.8 Å². The Morgan fingerprint density at radius 3 is 2.32 bits per heavy atom. The molecule has 5 nitrogen and oxygen atoms in total. The molecule has 0 bridgehead atoms. The van der Waals surface area contributed by atoms with Gasteiger partial charge in [-0.25, -0.2) is 0 Å². The number of thioether (sulfide) groups is 1. The van der Waals surface area contributed by atoms with Gasteiger partial charge in [0.2, 0.25) is 0 Å². The van der Waals surface area contributed by atoms with E-state index in [1.807, 2.05) is 0 Å². The third-order valence-electron chi connectivity index (χ3n) is 3.38. The third kappa shape index (κ3) is 2.69. The van der Waals surface area contributed by atoms with Crippen LogP contribution in [-0.2, 0) is 5.75 Å². The fraction of sp³-hybridized carbons (Fsp3) is 0.188. The summed E-state index contributed by atoms with van der Waals surface area (Å²) in [5, 5.41) is 0. The van der Waals surface area contributed by atoms with E-state index in [0.717, 1.165) is 0 Å². The van der Waals surface area contributed by atoms with E-state index in [2.05, 4.69) is 0 Å². The normalized spacial score (nSPS) is 13.5. The molecule has 22 heavy (non-hydrogen) atoms. The summed E-state index contributed by atoms with van der Waals surface area (Å²) in [5.41, 5.74) is 0.943. The number of fused-ring (bicyclic) bond motifs is 1. The second-order valence-corrected chi connectivity index (χ2v) is 5.89. The van der Waals surface area contributed by atoms with Gasteiger partial charge < -0.3 is 4.42 Å². The van der Waals surface area contributed by atoms with Crippen molar-refractivity contribution in [2.45, 2.75) is 5.75 Å². The van der Waals surface area contributed by atoms with E-state index < -0.39 is 0 Å². The highest BCUT2D eigenvalue weighted by molar-refractivity contribution is 7.98. The Labute approximate surface area is 131 Å². The van der Waals surface area contributed by atoms with Crippen molar-refractivity contribution in [3.63, 3.8) is 0 Å². The fourth-order valence-electron chi connectivity index (χ4n) is 2.31. The van der Waals surface area contributed by atoms with Gasteiger partial charge in [-0.1, -0.05) is 12.1 Å². The predicted octanol–water partition coefficient (Wildman–Crippen LogP) is 2.62. The van der Waals surface area contributed by atoms with Crippen LogP contribution in [0.1, 0.15) is 37.0 Å². The number of nitrogens with zero attached hydrogens (tertiary/aromatic N) is 1. The Morgan fingerprint density at radius 1 is 1.05 bits per heavy atom. The molecule has 0 saturated carbocycles. The maximum atomic E-state index is 12.2. The first-order valence-electron chi connectivity index (χ1n) is 6.77. The fourth-order valence-corrected chi connectivity index (χ4v) is 3.12. The minimum absolute atomic E-state index is 0.234. The van der Waals surface area contributed by atoms with Crippen molar-refractivity contribution in [2.24, 2.45) is 0 Å². The lowest BCUT2D eigenvalue weighted by atomic mass is 10.1. The predicted molar refractivity (Wildman–Crippen MR) is 82.1 cm³/mol. The monoisotopic (exact) mass is 315 g/mol. The number of rotatable bonds is 6. The molecule has 3 rings (SSSR count). The summed E-state index contributed by atoms with van der Waals surface area (Å²) in [7, 11) is 0. The summed E-state index contributed by atoms with van der Waals surface area (Å²) >= 11 is 1.54. The maximum absolute atomic E-state index is 12.2. The van der Waals surface area contributed by atoms with E-state index >= 15 is 0 Å². The smallest absolute Gasteiger partial charge is 0.261 e. The van der Waals surface area contributed by atoms with Crippen LogP contribution in [0.25, 0.3) is 0 Å². The van der Waals surface area contributed by atoms with Gasteiger partial charge in [0, 0.05) is 12.3 Å². The van der Waals surface area contributed by atoms with Crippen LogP contribution in [0.5, 0.6) is 0 Å². The third-order valence-corrected chi connectivity index (χ3v) is 4.34.